The number of nitrogens with two attached hydrogens (primary N) is 2. The van der Waals surface area contributed by atoms with Gasteiger partial charge in [-0.1, -0.05) is 13.0 Å². The maximum atomic E-state index is 11.7. The number of rotatable bonds is 9. The molecular formula is C18H24N6O3. The quantitative estimate of drug-likeness (QED) is 0.523. The van der Waals surface area contributed by atoms with Gasteiger partial charge < -0.3 is 26.8 Å². The molecule has 6 N–H and O–H groups in total. The number of hydrogen-bond donors (Lipinski definition) is 4. The first-order valence-corrected chi connectivity index (χ1v) is 8.54. The maximum absolute atomic E-state index is 11.7. The minimum absolute atomic E-state index is 0.137. The first-order chi connectivity index (χ1) is 12.8. The molecule has 2 aromatic rings. The maximum Gasteiger partial charge on any atom is 0.254 e. The van der Waals surface area contributed by atoms with Gasteiger partial charge in [-0.15, -0.1) is 0 Å². The van der Waals surface area contributed by atoms with E-state index in [1.54, 1.807) is 26.0 Å². The fourth-order valence-electron chi connectivity index (χ4n) is 2.27. The second-order valence-corrected chi connectivity index (χ2v) is 6.03. The van der Waals surface area contributed by atoms with E-state index in [1.807, 2.05) is 19.1 Å². The molecular weight excluding hydrogens is 348 g/mol. The zero-order valence-electron chi connectivity index (χ0n) is 15.5. The number of ether oxygens (including phenoxy) is 1. The van der Waals surface area contributed by atoms with Crippen LogP contribution in [-0.2, 0) is 4.79 Å². The Bertz CT molecular complexity index is 826. The first kappa shape index (κ1) is 20.0. The Kier molecular flexibility index (Phi) is 6.53. The standard InChI is InChI=1S/C18H24N6O3/c1-4-27-13-7-5-6-12(8-13)23-17-14(16(20)26)9-21-18(24-17)22-11(3)10(2)15(19)25/h5-11H,4H2,1-3H3,(H2,19,25)(H2,20,26)(H2,21,22,23,24). The van der Waals surface area contributed by atoms with E-state index in [0.717, 1.165) is 0 Å². The highest BCUT2D eigenvalue weighted by atomic mass is 16.5. The molecule has 0 saturated heterocycles. The predicted octanol–water partition coefficient (Wildman–Crippen LogP) is 1.64. The summed E-state index contributed by atoms with van der Waals surface area (Å²) < 4.78 is 5.47. The molecule has 144 valence electrons. The van der Waals surface area contributed by atoms with Gasteiger partial charge in [0, 0.05) is 24.0 Å². The van der Waals surface area contributed by atoms with Crippen LogP contribution in [0.3, 0.4) is 0 Å². The molecule has 0 bridgehead atoms. The summed E-state index contributed by atoms with van der Waals surface area (Å²) in [6, 6.07) is 6.93. The second kappa shape index (κ2) is 8.84. The van der Waals surface area contributed by atoms with Crippen molar-refractivity contribution >= 4 is 29.3 Å². The number of anilines is 3. The van der Waals surface area contributed by atoms with Gasteiger partial charge in [0.05, 0.1) is 12.5 Å². The SMILES string of the molecule is CCOc1cccc(Nc2nc(NC(C)C(C)C(N)=O)ncc2C(N)=O)c1. The van der Waals surface area contributed by atoms with Gasteiger partial charge in [0.1, 0.15) is 17.1 Å². The molecule has 1 aromatic heterocycles. The molecule has 2 unspecified atom stereocenters. The van der Waals surface area contributed by atoms with E-state index in [-0.39, 0.29) is 23.4 Å². The highest BCUT2D eigenvalue weighted by Gasteiger charge is 2.19. The second-order valence-electron chi connectivity index (χ2n) is 6.03. The largest absolute Gasteiger partial charge is 0.494 e. The lowest BCUT2D eigenvalue weighted by Crippen LogP contribution is -2.34. The molecule has 1 aromatic carbocycles. The number of primary amides is 2. The molecule has 0 aliphatic heterocycles. The average Bonchev–Trinajstić information content (AvgIpc) is 2.61. The highest BCUT2D eigenvalue weighted by molar-refractivity contribution is 5.98. The van der Waals surface area contributed by atoms with E-state index >= 15 is 0 Å². The number of carbonyl (C=O) groups excluding carboxylic acids is 2. The summed E-state index contributed by atoms with van der Waals surface area (Å²) in [6.07, 6.45) is 1.33. The number of amides is 2. The van der Waals surface area contributed by atoms with E-state index in [9.17, 15) is 9.59 Å². The lowest BCUT2D eigenvalue weighted by atomic mass is 10.0. The molecule has 2 atom stereocenters. The summed E-state index contributed by atoms with van der Waals surface area (Å²) in [5.41, 5.74) is 11.5. The third-order valence-electron chi connectivity index (χ3n) is 4.02. The molecule has 0 saturated carbocycles. The van der Waals surface area contributed by atoms with Crippen LogP contribution >= 0.6 is 0 Å². The van der Waals surface area contributed by atoms with E-state index in [0.29, 0.717) is 18.0 Å². The van der Waals surface area contributed by atoms with Crippen molar-refractivity contribution in [3.05, 3.63) is 36.0 Å². The Balaban J connectivity index is 2.29. The Morgan fingerprint density at radius 3 is 2.63 bits per heavy atom. The summed E-state index contributed by atoms with van der Waals surface area (Å²) in [7, 11) is 0. The molecule has 2 rings (SSSR count). The number of benzene rings is 1. The smallest absolute Gasteiger partial charge is 0.254 e. The van der Waals surface area contributed by atoms with Crippen LogP contribution in [0.25, 0.3) is 0 Å². The molecule has 0 spiro atoms. The average molecular weight is 372 g/mol. The normalized spacial score (nSPS) is 12.7. The zero-order chi connectivity index (χ0) is 20.0. The molecule has 2 amide bonds. The Hall–Kier alpha value is -3.36. The Morgan fingerprint density at radius 2 is 2.00 bits per heavy atom. The van der Waals surface area contributed by atoms with Crippen LogP contribution in [0, 0.1) is 5.92 Å². The third kappa shape index (κ3) is 5.30. The molecule has 9 heteroatoms. The van der Waals surface area contributed by atoms with Crippen molar-refractivity contribution in [2.75, 3.05) is 17.2 Å². The Labute approximate surface area is 157 Å². The molecule has 1 heterocycles. The van der Waals surface area contributed by atoms with Crippen molar-refractivity contribution in [3.8, 4) is 5.75 Å². The minimum Gasteiger partial charge on any atom is -0.494 e. The fraction of sp³-hybridized carbons (Fsp3) is 0.333. The van der Waals surface area contributed by atoms with E-state index < -0.39 is 17.7 Å². The zero-order valence-corrected chi connectivity index (χ0v) is 15.5. The predicted molar refractivity (Wildman–Crippen MR) is 103 cm³/mol. The summed E-state index contributed by atoms with van der Waals surface area (Å²) in [5.74, 6) is -0.363. The van der Waals surface area contributed by atoms with Crippen molar-refractivity contribution in [2.24, 2.45) is 17.4 Å². The summed E-state index contributed by atoms with van der Waals surface area (Å²) in [4.78, 5) is 31.4. The molecule has 9 nitrogen and oxygen atoms in total. The van der Waals surface area contributed by atoms with Crippen LogP contribution in [0.2, 0.25) is 0 Å². The van der Waals surface area contributed by atoms with Gasteiger partial charge in [0.15, 0.2) is 0 Å². The first-order valence-electron chi connectivity index (χ1n) is 8.54. The van der Waals surface area contributed by atoms with Gasteiger partial charge in [0.2, 0.25) is 11.9 Å². The van der Waals surface area contributed by atoms with E-state index in [4.69, 9.17) is 16.2 Å². The lowest BCUT2D eigenvalue weighted by molar-refractivity contribution is -0.121. The van der Waals surface area contributed by atoms with Gasteiger partial charge in [-0.25, -0.2) is 4.98 Å². The highest BCUT2D eigenvalue weighted by Crippen LogP contribution is 2.23. The van der Waals surface area contributed by atoms with E-state index in [1.165, 1.54) is 6.20 Å². The third-order valence-corrected chi connectivity index (χ3v) is 4.02. The minimum atomic E-state index is -0.663. The van der Waals surface area contributed by atoms with Crippen molar-refractivity contribution in [1.82, 2.24) is 9.97 Å². The van der Waals surface area contributed by atoms with Crippen LogP contribution in [0.5, 0.6) is 5.75 Å². The monoisotopic (exact) mass is 372 g/mol. The van der Waals surface area contributed by atoms with Crippen LogP contribution < -0.4 is 26.8 Å². The van der Waals surface area contributed by atoms with Crippen LogP contribution in [-0.4, -0.2) is 34.4 Å². The molecule has 0 fully saturated rings. The van der Waals surface area contributed by atoms with Gasteiger partial charge >= 0.3 is 0 Å². The lowest BCUT2D eigenvalue weighted by Gasteiger charge is -2.19. The van der Waals surface area contributed by atoms with Gasteiger partial charge in [-0.05, 0) is 26.0 Å². The molecule has 27 heavy (non-hydrogen) atoms. The number of hydrogen-bond acceptors (Lipinski definition) is 7. The van der Waals surface area contributed by atoms with Crippen molar-refractivity contribution in [3.63, 3.8) is 0 Å². The van der Waals surface area contributed by atoms with Crippen LogP contribution in [0.4, 0.5) is 17.5 Å². The summed E-state index contributed by atoms with van der Waals surface area (Å²) in [6.45, 7) is 5.92. The summed E-state index contributed by atoms with van der Waals surface area (Å²) >= 11 is 0. The number of aromatic nitrogens is 2. The van der Waals surface area contributed by atoms with Gasteiger partial charge in [-0.3, -0.25) is 9.59 Å². The van der Waals surface area contributed by atoms with Gasteiger partial charge in [-0.2, -0.15) is 4.98 Å². The fourth-order valence-corrected chi connectivity index (χ4v) is 2.27. The van der Waals surface area contributed by atoms with E-state index in [2.05, 4.69) is 20.6 Å². The molecule has 0 aliphatic carbocycles. The van der Waals surface area contributed by atoms with Crippen molar-refractivity contribution in [2.45, 2.75) is 26.8 Å². The number of nitrogens with one attached hydrogen (secondary N) is 2. The summed E-state index contributed by atoms with van der Waals surface area (Å²) in [5, 5.41) is 6.06. The molecule has 0 radical (unpaired) electrons. The van der Waals surface area contributed by atoms with Crippen molar-refractivity contribution in [1.29, 1.82) is 0 Å². The Morgan fingerprint density at radius 1 is 1.26 bits per heavy atom. The topological polar surface area (TPSA) is 145 Å². The van der Waals surface area contributed by atoms with Crippen LogP contribution in [0.15, 0.2) is 30.5 Å². The van der Waals surface area contributed by atoms with Crippen molar-refractivity contribution < 1.29 is 14.3 Å². The molecule has 0 aliphatic rings. The number of carbonyl (C=O) groups is 2. The van der Waals surface area contributed by atoms with Crippen LogP contribution in [0.1, 0.15) is 31.1 Å². The number of nitrogens with zero attached hydrogens (tertiary/aromatic N) is 2. The van der Waals surface area contributed by atoms with Gasteiger partial charge in [0.25, 0.3) is 5.91 Å².